The number of morpholine rings is 1. The molecule has 0 radical (unpaired) electrons. The summed E-state index contributed by atoms with van der Waals surface area (Å²) in [5.41, 5.74) is 1.72. The van der Waals surface area contributed by atoms with Crippen molar-refractivity contribution < 1.29 is 9.53 Å². The van der Waals surface area contributed by atoms with Crippen molar-refractivity contribution >= 4 is 5.91 Å². The maximum absolute atomic E-state index is 12.7. The zero-order chi connectivity index (χ0) is 14.8. The summed E-state index contributed by atoms with van der Waals surface area (Å²) in [5, 5.41) is 0. The van der Waals surface area contributed by atoms with Crippen molar-refractivity contribution in [3.05, 3.63) is 54.4 Å². The minimum Gasteiger partial charge on any atom is -0.375 e. The molecule has 1 aliphatic heterocycles. The van der Waals surface area contributed by atoms with E-state index in [2.05, 4.69) is 0 Å². The molecule has 21 heavy (non-hydrogen) atoms. The van der Waals surface area contributed by atoms with Crippen molar-refractivity contribution in [2.45, 2.75) is 26.0 Å². The number of aromatic nitrogens is 1. The SMILES string of the molecule is C[C@@H]1CN(C(=O)c2cccc(-n3cccc3)c2)[C@@H](C)CO1. The summed E-state index contributed by atoms with van der Waals surface area (Å²) in [5.74, 6) is 0.0756. The van der Waals surface area contributed by atoms with Crippen LogP contribution >= 0.6 is 0 Å². The Kier molecular flexibility index (Phi) is 3.80. The summed E-state index contributed by atoms with van der Waals surface area (Å²) >= 11 is 0. The molecule has 0 unspecified atom stereocenters. The molecule has 4 heteroatoms. The van der Waals surface area contributed by atoms with Crippen LogP contribution in [0.25, 0.3) is 5.69 Å². The lowest BCUT2D eigenvalue weighted by Gasteiger charge is -2.36. The minimum absolute atomic E-state index is 0.0756. The normalized spacial score (nSPS) is 22.3. The number of nitrogens with zero attached hydrogens (tertiary/aromatic N) is 2. The highest BCUT2D eigenvalue weighted by Gasteiger charge is 2.28. The molecule has 1 saturated heterocycles. The van der Waals surface area contributed by atoms with Crippen LogP contribution < -0.4 is 0 Å². The first-order chi connectivity index (χ1) is 10.1. The van der Waals surface area contributed by atoms with Gasteiger partial charge in [0.25, 0.3) is 5.91 Å². The van der Waals surface area contributed by atoms with Gasteiger partial charge >= 0.3 is 0 Å². The molecule has 1 amide bonds. The highest BCUT2D eigenvalue weighted by molar-refractivity contribution is 5.95. The monoisotopic (exact) mass is 284 g/mol. The Bertz CT molecular complexity index is 621. The predicted octanol–water partition coefficient (Wildman–Crippen LogP) is 2.73. The fraction of sp³-hybridized carbons (Fsp3) is 0.353. The average Bonchev–Trinajstić information content (AvgIpc) is 3.03. The second-order valence-electron chi connectivity index (χ2n) is 5.59. The number of benzene rings is 1. The molecule has 0 spiro atoms. The van der Waals surface area contributed by atoms with Gasteiger partial charge in [0, 0.05) is 30.2 Å². The van der Waals surface area contributed by atoms with Crippen LogP contribution in [0.2, 0.25) is 0 Å². The van der Waals surface area contributed by atoms with Crippen LogP contribution in [-0.2, 0) is 4.74 Å². The van der Waals surface area contributed by atoms with E-state index in [1.54, 1.807) is 0 Å². The Morgan fingerprint density at radius 2 is 1.95 bits per heavy atom. The number of carbonyl (C=O) groups is 1. The molecule has 0 N–H and O–H groups in total. The van der Waals surface area contributed by atoms with E-state index in [-0.39, 0.29) is 18.1 Å². The Morgan fingerprint density at radius 3 is 2.71 bits per heavy atom. The van der Waals surface area contributed by atoms with Gasteiger partial charge in [-0.15, -0.1) is 0 Å². The maximum Gasteiger partial charge on any atom is 0.254 e. The van der Waals surface area contributed by atoms with Gasteiger partial charge in [0.05, 0.1) is 18.8 Å². The molecule has 1 fully saturated rings. The standard InChI is InChI=1S/C17H20N2O2/c1-13-12-21-14(2)11-19(13)17(20)15-6-5-7-16(10-15)18-8-3-4-9-18/h3-10,13-14H,11-12H2,1-2H3/t13-,14+/m0/s1. The third-order valence-corrected chi connectivity index (χ3v) is 3.86. The predicted molar refractivity (Wildman–Crippen MR) is 81.7 cm³/mol. The van der Waals surface area contributed by atoms with E-state index in [1.165, 1.54) is 0 Å². The van der Waals surface area contributed by atoms with E-state index in [0.29, 0.717) is 13.2 Å². The van der Waals surface area contributed by atoms with Gasteiger partial charge in [-0.3, -0.25) is 4.79 Å². The molecule has 1 aromatic heterocycles. The van der Waals surface area contributed by atoms with Crippen LogP contribution in [0.3, 0.4) is 0 Å². The Hall–Kier alpha value is -2.07. The van der Waals surface area contributed by atoms with E-state index in [4.69, 9.17) is 4.74 Å². The maximum atomic E-state index is 12.7. The molecule has 0 saturated carbocycles. The van der Waals surface area contributed by atoms with Crippen LogP contribution in [0.1, 0.15) is 24.2 Å². The fourth-order valence-corrected chi connectivity index (χ4v) is 2.66. The van der Waals surface area contributed by atoms with Gasteiger partial charge < -0.3 is 14.2 Å². The summed E-state index contributed by atoms with van der Waals surface area (Å²) in [7, 11) is 0. The Labute approximate surface area is 124 Å². The molecule has 1 aliphatic rings. The highest BCUT2D eigenvalue weighted by Crippen LogP contribution is 2.17. The molecule has 0 bridgehead atoms. The zero-order valence-electron chi connectivity index (χ0n) is 12.4. The zero-order valence-corrected chi connectivity index (χ0v) is 12.4. The highest BCUT2D eigenvalue weighted by atomic mass is 16.5. The molecule has 1 aromatic carbocycles. The van der Waals surface area contributed by atoms with Crippen molar-refractivity contribution in [2.24, 2.45) is 0 Å². The first-order valence-electron chi connectivity index (χ1n) is 7.31. The van der Waals surface area contributed by atoms with Crippen molar-refractivity contribution in [3.63, 3.8) is 0 Å². The van der Waals surface area contributed by atoms with Gasteiger partial charge in [0.1, 0.15) is 0 Å². The van der Waals surface area contributed by atoms with Crippen molar-refractivity contribution in [1.29, 1.82) is 0 Å². The molecular formula is C17H20N2O2. The van der Waals surface area contributed by atoms with Gasteiger partial charge in [-0.05, 0) is 44.2 Å². The van der Waals surface area contributed by atoms with Crippen LogP contribution in [0, 0.1) is 0 Å². The quantitative estimate of drug-likeness (QED) is 0.850. The van der Waals surface area contributed by atoms with Gasteiger partial charge in [-0.1, -0.05) is 6.07 Å². The smallest absolute Gasteiger partial charge is 0.254 e. The van der Waals surface area contributed by atoms with Gasteiger partial charge in [-0.25, -0.2) is 0 Å². The topological polar surface area (TPSA) is 34.5 Å². The van der Waals surface area contributed by atoms with E-state index >= 15 is 0 Å². The van der Waals surface area contributed by atoms with Crippen molar-refractivity contribution in [1.82, 2.24) is 9.47 Å². The summed E-state index contributed by atoms with van der Waals surface area (Å²) in [6.07, 6.45) is 4.05. The number of carbonyl (C=O) groups excluding carboxylic acids is 1. The second kappa shape index (κ2) is 5.74. The number of hydrogen-bond acceptors (Lipinski definition) is 2. The second-order valence-corrected chi connectivity index (χ2v) is 5.59. The van der Waals surface area contributed by atoms with Gasteiger partial charge in [0.15, 0.2) is 0 Å². The Balaban J connectivity index is 1.86. The van der Waals surface area contributed by atoms with E-state index in [1.807, 2.05) is 72.1 Å². The third kappa shape index (κ3) is 2.85. The molecule has 4 nitrogen and oxygen atoms in total. The van der Waals surface area contributed by atoms with Crippen LogP contribution in [0.4, 0.5) is 0 Å². The molecule has 2 atom stereocenters. The summed E-state index contributed by atoms with van der Waals surface area (Å²) in [6.45, 7) is 5.28. The van der Waals surface area contributed by atoms with Crippen LogP contribution in [0.5, 0.6) is 0 Å². The lowest BCUT2D eigenvalue weighted by atomic mass is 10.1. The number of rotatable bonds is 2. The largest absolute Gasteiger partial charge is 0.375 e. The average molecular weight is 284 g/mol. The molecular weight excluding hydrogens is 264 g/mol. The van der Waals surface area contributed by atoms with E-state index in [9.17, 15) is 4.79 Å². The molecule has 2 aromatic rings. The van der Waals surface area contributed by atoms with Crippen molar-refractivity contribution in [3.8, 4) is 5.69 Å². The molecule has 2 heterocycles. The van der Waals surface area contributed by atoms with Crippen LogP contribution in [-0.4, -0.2) is 40.7 Å². The fourth-order valence-electron chi connectivity index (χ4n) is 2.66. The van der Waals surface area contributed by atoms with Crippen LogP contribution in [0.15, 0.2) is 48.8 Å². The number of ether oxygens (including phenoxy) is 1. The van der Waals surface area contributed by atoms with Gasteiger partial charge in [-0.2, -0.15) is 0 Å². The van der Waals surface area contributed by atoms with Crippen molar-refractivity contribution in [2.75, 3.05) is 13.2 Å². The van der Waals surface area contributed by atoms with Gasteiger partial charge in [0.2, 0.25) is 0 Å². The Morgan fingerprint density at radius 1 is 1.19 bits per heavy atom. The summed E-state index contributed by atoms with van der Waals surface area (Å²) < 4.78 is 7.59. The number of hydrogen-bond donors (Lipinski definition) is 0. The summed E-state index contributed by atoms with van der Waals surface area (Å²) in [4.78, 5) is 14.6. The lowest BCUT2D eigenvalue weighted by molar-refractivity contribution is -0.0387. The summed E-state index contributed by atoms with van der Waals surface area (Å²) in [6, 6.07) is 11.8. The lowest BCUT2D eigenvalue weighted by Crippen LogP contribution is -2.50. The molecule has 110 valence electrons. The third-order valence-electron chi connectivity index (χ3n) is 3.86. The van der Waals surface area contributed by atoms with E-state index in [0.717, 1.165) is 11.3 Å². The molecule has 0 aliphatic carbocycles. The first kappa shape index (κ1) is 13.9. The minimum atomic E-state index is 0.0756. The van der Waals surface area contributed by atoms with E-state index < -0.39 is 0 Å². The number of amides is 1. The first-order valence-corrected chi connectivity index (χ1v) is 7.31. The molecule has 3 rings (SSSR count).